The van der Waals surface area contributed by atoms with Crippen molar-refractivity contribution < 1.29 is 28.6 Å². The molecule has 0 aromatic rings. The first kappa shape index (κ1) is 71.9. The predicted molar refractivity (Wildman–Crippen MR) is 321 cm³/mol. The predicted octanol–water partition coefficient (Wildman–Crippen LogP) is 22.6. The van der Waals surface area contributed by atoms with E-state index in [1.807, 2.05) is 0 Å². The second-order valence-electron chi connectivity index (χ2n) is 22.7. The third kappa shape index (κ3) is 60.8. The molecule has 0 rings (SSSR count). The maximum absolute atomic E-state index is 12.9. The molecule has 1 unspecified atom stereocenters. The zero-order valence-electron chi connectivity index (χ0n) is 50.1. The van der Waals surface area contributed by atoms with Gasteiger partial charge in [-0.05, 0) is 51.4 Å². The van der Waals surface area contributed by atoms with Gasteiger partial charge in [0, 0.05) is 19.3 Å². The average molecular weight is 1040 g/mol. The molecule has 436 valence electrons. The van der Waals surface area contributed by atoms with E-state index < -0.39 is 6.10 Å². The highest BCUT2D eigenvalue weighted by Gasteiger charge is 2.19. The topological polar surface area (TPSA) is 78.9 Å². The molecule has 0 aliphatic rings. The fraction of sp³-hybridized carbons (Fsp3) is 0.897. The minimum Gasteiger partial charge on any atom is -0.462 e. The molecular formula is C68H128O6. The van der Waals surface area contributed by atoms with Crippen LogP contribution in [0.15, 0.2) is 24.3 Å². The molecular weight excluding hydrogens is 913 g/mol. The van der Waals surface area contributed by atoms with Crippen LogP contribution in [0.5, 0.6) is 0 Å². The first-order chi connectivity index (χ1) is 36.5. The molecule has 0 saturated heterocycles. The number of carbonyl (C=O) groups excluding carboxylic acids is 3. The van der Waals surface area contributed by atoms with Crippen LogP contribution in [0.4, 0.5) is 0 Å². The second-order valence-corrected chi connectivity index (χ2v) is 22.7. The molecule has 0 N–H and O–H groups in total. The van der Waals surface area contributed by atoms with E-state index in [0.717, 1.165) is 64.2 Å². The summed E-state index contributed by atoms with van der Waals surface area (Å²) < 4.78 is 16.9. The summed E-state index contributed by atoms with van der Waals surface area (Å²) in [5.74, 6) is -0.839. The molecule has 0 fully saturated rings. The third-order valence-corrected chi connectivity index (χ3v) is 15.2. The highest BCUT2D eigenvalue weighted by atomic mass is 16.6. The van der Waals surface area contributed by atoms with Crippen molar-refractivity contribution in [2.24, 2.45) is 0 Å². The summed E-state index contributed by atoms with van der Waals surface area (Å²) in [7, 11) is 0. The van der Waals surface area contributed by atoms with E-state index in [1.165, 1.54) is 270 Å². The standard InChI is InChI=1S/C68H128O6/c1-4-7-10-13-16-19-22-24-26-28-30-32-33-34-35-37-38-40-42-44-46-49-52-55-58-61-67(70)73-64-65(63-72-66(69)60-57-54-51-48-21-18-15-12-9-6-3)74-68(71)62-59-56-53-50-47-45-43-41-39-36-31-29-27-25-23-20-17-14-11-8-5-2/h22,24,28,30,65H,4-21,23,25-27,29,31-64H2,1-3H3/b24-22-,30-28-. The van der Waals surface area contributed by atoms with Crippen LogP contribution in [0, 0.1) is 0 Å². The molecule has 6 heteroatoms. The summed E-state index contributed by atoms with van der Waals surface area (Å²) in [6.45, 7) is 6.69. The summed E-state index contributed by atoms with van der Waals surface area (Å²) in [5.41, 5.74) is 0. The van der Waals surface area contributed by atoms with Crippen LogP contribution in [-0.4, -0.2) is 37.2 Å². The van der Waals surface area contributed by atoms with E-state index in [2.05, 4.69) is 45.1 Å². The van der Waals surface area contributed by atoms with Gasteiger partial charge in [0.25, 0.3) is 0 Å². The maximum Gasteiger partial charge on any atom is 0.306 e. The number of unbranched alkanes of at least 4 members (excludes halogenated alkanes) is 47. The van der Waals surface area contributed by atoms with Gasteiger partial charge in [0.05, 0.1) is 0 Å². The number of carbonyl (C=O) groups is 3. The summed E-state index contributed by atoms with van der Waals surface area (Å²) in [6.07, 6.45) is 76.3. The number of hydrogen-bond donors (Lipinski definition) is 0. The van der Waals surface area contributed by atoms with Crippen molar-refractivity contribution in [3.8, 4) is 0 Å². The molecule has 0 aromatic carbocycles. The molecule has 1 atom stereocenters. The van der Waals surface area contributed by atoms with Crippen molar-refractivity contribution in [3.63, 3.8) is 0 Å². The van der Waals surface area contributed by atoms with E-state index in [0.29, 0.717) is 19.3 Å². The number of allylic oxidation sites excluding steroid dienone is 4. The largest absolute Gasteiger partial charge is 0.462 e. The maximum atomic E-state index is 12.9. The van der Waals surface area contributed by atoms with Crippen LogP contribution in [0.2, 0.25) is 0 Å². The number of hydrogen-bond acceptors (Lipinski definition) is 6. The van der Waals surface area contributed by atoms with Crippen LogP contribution in [-0.2, 0) is 28.6 Å². The Labute approximate surface area is 462 Å². The van der Waals surface area contributed by atoms with Crippen LogP contribution < -0.4 is 0 Å². The van der Waals surface area contributed by atoms with Crippen molar-refractivity contribution in [2.75, 3.05) is 13.2 Å². The molecule has 0 heterocycles. The highest BCUT2D eigenvalue weighted by molar-refractivity contribution is 5.71. The Bertz CT molecular complexity index is 1190. The van der Waals surface area contributed by atoms with Gasteiger partial charge >= 0.3 is 17.9 Å². The molecule has 6 nitrogen and oxygen atoms in total. The van der Waals surface area contributed by atoms with Gasteiger partial charge in [-0.2, -0.15) is 0 Å². The zero-order chi connectivity index (χ0) is 53.6. The fourth-order valence-corrected chi connectivity index (χ4v) is 10.2. The number of rotatable bonds is 62. The van der Waals surface area contributed by atoms with Gasteiger partial charge in [-0.25, -0.2) is 0 Å². The molecule has 0 aliphatic carbocycles. The third-order valence-electron chi connectivity index (χ3n) is 15.2. The van der Waals surface area contributed by atoms with Gasteiger partial charge < -0.3 is 14.2 Å². The quantitative estimate of drug-likeness (QED) is 0.0261. The van der Waals surface area contributed by atoms with Gasteiger partial charge in [0.15, 0.2) is 6.10 Å². The molecule has 0 bridgehead atoms. The fourth-order valence-electron chi connectivity index (χ4n) is 10.2. The van der Waals surface area contributed by atoms with Gasteiger partial charge in [0.2, 0.25) is 0 Å². The Balaban J connectivity index is 4.17. The van der Waals surface area contributed by atoms with Crippen molar-refractivity contribution in [1.82, 2.24) is 0 Å². The number of ether oxygens (including phenoxy) is 3. The second kappa shape index (κ2) is 63.4. The highest BCUT2D eigenvalue weighted by Crippen LogP contribution is 2.18. The number of esters is 3. The van der Waals surface area contributed by atoms with Crippen molar-refractivity contribution in [3.05, 3.63) is 24.3 Å². The van der Waals surface area contributed by atoms with Crippen molar-refractivity contribution >= 4 is 17.9 Å². The molecule has 0 aromatic heterocycles. The lowest BCUT2D eigenvalue weighted by Gasteiger charge is -2.18. The first-order valence-electron chi connectivity index (χ1n) is 33.3. The first-order valence-corrected chi connectivity index (χ1v) is 33.3. The van der Waals surface area contributed by atoms with Crippen molar-refractivity contribution in [2.45, 2.75) is 380 Å². The molecule has 0 radical (unpaired) electrons. The summed E-state index contributed by atoms with van der Waals surface area (Å²) in [6, 6.07) is 0. The Morgan fingerprint density at radius 1 is 0.270 bits per heavy atom. The van der Waals surface area contributed by atoms with Gasteiger partial charge in [-0.1, -0.05) is 328 Å². The van der Waals surface area contributed by atoms with Crippen molar-refractivity contribution in [1.29, 1.82) is 0 Å². The smallest absolute Gasteiger partial charge is 0.306 e. The van der Waals surface area contributed by atoms with Gasteiger partial charge in [0.1, 0.15) is 13.2 Å². The Kier molecular flexibility index (Phi) is 61.6. The van der Waals surface area contributed by atoms with Crippen LogP contribution >= 0.6 is 0 Å². The molecule has 0 saturated carbocycles. The zero-order valence-corrected chi connectivity index (χ0v) is 50.1. The van der Waals surface area contributed by atoms with E-state index in [4.69, 9.17) is 14.2 Å². The lowest BCUT2D eigenvalue weighted by Crippen LogP contribution is -2.30. The summed E-state index contributed by atoms with van der Waals surface area (Å²) in [4.78, 5) is 38.3. The molecule has 0 amide bonds. The lowest BCUT2D eigenvalue weighted by molar-refractivity contribution is -0.167. The van der Waals surface area contributed by atoms with Crippen LogP contribution in [0.3, 0.4) is 0 Å². The minimum atomic E-state index is -0.766. The summed E-state index contributed by atoms with van der Waals surface area (Å²) >= 11 is 0. The average Bonchev–Trinajstić information content (AvgIpc) is 3.40. The Morgan fingerprint density at radius 3 is 0.743 bits per heavy atom. The van der Waals surface area contributed by atoms with Crippen LogP contribution in [0.1, 0.15) is 374 Å². The van der Waals surface area contributed by atoms with Gasteiger partial charge in [-0.3, -0.25) is 14.4 Å². The summed E-state index contributed by atoms with van der Waals surface area (Å²) in [5, 5.41) is 0. The SMILES string of the molecule is CCCCCCC/C=C\C/C=C\CCCCCCCCCCCCCCCC(=O)OCC(COC(=O)CCCCCCCCCCCC)OC(=O)CCCCCCCCCCCCCCCCCCCCCCC. The Hall–Kier alpha value is -2.11. The van der Waals surface area contributed by atoms with Gasteiger partial charge in [-0.15, -0.1) is 0 Å². The van der Waals surface area contributed by atoms with E-state index >= 15 is 0 Å². The molecule has 0 aliphatic heterocycles. The monoisotopic (exact) mass is 1040 g/mol. The van der Waals surface area contributed by atoms with E-state index in [-0.39, 0.29) is 31.1 Å². The Morgan fingerprint density at radius 2 is 0.486 bits per heavy atom. The van der Waals surface area contributed by atoms with E-state index in [1.54, 1.807) is 0 Å². The minimum absolute atomic E-state index is 0.0649. The van der Waals surface area contributed by atoms with E-state index in [9.17, 15) is 14.4 Å². The lowest BCUT2D eigenvalue weighted by atomic mass is 10.0. The molecule has 0 spiro atoms. The van der Waals surface area contributed by atoms with Crippen LogP contribution in [0.25, 0.3) is 0 Å². The molecule has 74 heavy (non-hydrogen) atoms. The normalized spacial score (nSPS) is 12.1.